The van der Waals surface area contributed by atoms with Gasteiger partial charge in [0, 0.05) is 17.5 Å². The second-order valence-corrected chi connectivity index (χ2v) is 10.6. The van der Waals surface area contributed by atoms with Crippen LogP contribution in [0.4, 0.5) is 4.39 Å². The Hall–Kier alpha value is -3.30. The Balaban J connectivity index is 1.44. The van der Waals surface area contributed by atoms with Crippen molar-refractivity contribution in [2.75, 3.05) is 13.2 Å². The fourth-order valence-electron chi connectivity index (χ4n) is 5.81. The van der Waals surface area contributed by atoms with Crippen LogP contribution in [0.1, 0.15) is 72.6 Å². The summed E-state index contributed by atoms with van der Waals surface area (Å²) >= 11 is 0. The molecule has 2 aromatic rings. The van der Waals surface area contributed by atoms with Gasteiger partial charge in [0.15, 0.2) is 0 Å². The predicted octanol–water partition coefficient (Wildman–Crippen LogP) is 2.94. The number of benzene rings is 2. The molecule has 2 aliphatic rings. The summed E-state index contributed by atoms with van der Waals surface area (Å²) in [4.78, 5) is 40.2. The molecule has 2 aliphatic heterocycles. The molecule has 0 saturated carbocycles. The SMILES string of the molecule is CC[C@@]1(CO)CC[C@@H](c2cccc(F)c2)N1C(=O)CNC(=O)c1ccc(CC2CC(C)NNC2=O)c(C)c1. The van der Waals surface area contributed by atoms with Gasteiger partial charge in [-0.05, 0) is 86.9 Å². The maximum Gasteiger partial charge on any atom is 0.251 e. The average molecular weight is 525 g/mol. The van der Waals surface area contributed by atoms with Gasteiger partial charge in [-0.25, -0.2) is 9.82 Å². The molecule has 0 bridgehead atoms. The predicted molar refractivity (Wildman–Crippen MR) is 141 cm³/mol. The third kappa shape index (κ3) is 5.73. The lowest BCUT2D eigenvalue weighted by Crippen LogP contribution is -2.53. The standard InChI is InChI=1S/C29H37FN4O4/c1-4-29(17-35)11-10-25(21-6-5-7-24(30)15-21)34(29)26(36)16-31-27(37)22-9-8-20(18(2)12-22)14-23-13-19(3)32-33-28(23)38/h5-9,12,15,19,23,25,32,35H,4,10-11,13-14,16-17H2,1-3H3,(H,31,37)(H,33,38)/t19?,23?,25-,29-/m0/s1. The zero-order valence-electron chi connectivity index (χ0n) is 22.2. The first-order valence-corrected chi connectivity index (χ1v) is 13.3. The highest BCUT2D eigenvalue weighted by atomic mass is 19.1. The highest BCUT2D eigenvalue weighted by molar-refractivity contribution is 5.97. The summed E-state index contributed by atoms with van der Waals surface area (Å²) in [5, 5.41) is 13.0. The summed E-state index contributed by atoms with van der Waals surface area (Å²) in [6.45, 7) is 5.40. The van der Waals surface area contributed by atoms with E-state index in [1.807, 2.05) is 26.8 Å². The molecule has 2 heterocycles. The van der Waals surface area contributed by atoms with E-state index in [1.165, 1.54) is 12.1 Å². The number of carbonyl (C=O) groups excluding carboxylic acids is 3. The van der Waals surface area contributed by atoms with Crippen LogP contribution in [0.15, 0.2) is 42.5 Å². The molecule has 4 rings (SSSR count). The molecule has 0 aliphatic carbocycles. The minimum atomic E-state index is -0.755. The average Bonchev–Trinajstić information content (AvgIpc) is 3.30. The van der Waals surface area contributed by atoms with E-state index < -0.39 is 5.54 Å². The maximum absolute atomic E-state index is 13.9. The highest BCUT2D eigenvalue weighted by Gasteiger charge is 2.47. The molecule has 2 aromatic carbocycles. The third-order valence-corrected chi connectivity index (χ3v) is 8.08. The molecule has 38 heavy (non-hydrogen) atoms. The van der Waals surface area contributed by atoms with Crippen LogP contribution in [0.5, 0.6) is 0 Å². The number of aliphatic hydroxyl groups excluding tert-OH is 1. The van der Waals surface area contributed by atoms with Crippen molar-refractivity contribution in [1.82, 2.24) is 21.1 Å². The fourth-order valence-corrected chi connectivity index (χ4v) is 5.81. The van der Waals surface area contributed by atoms with E-state index in [-0.39, 0.29) is 54.7 Å². The number of amides is 3. The number of hydrogen-bond donors (Lipinski definition) is 4. The zero-order chi connectivity index (χ0) is 27.4. The molecule has 3 amide bonds. The van der Waals surface area contributed by atoms with Crippen LogP contribution in [0, 0.1) is 18.7 Å². The topological polar surface area (TPSA) is 111 Å². The summed E-state index contributed by atoms with van der Waals surface area (Å²) in [7, 11) is 0. The lowest BCUT2D eigenvalue weighted by Gasteiger charge is -2.40. The lowest BCUT2D eigenvalue weighted by molar-refractivity contribution is -0.139. The first-order chi connectivity index (χ1) is 18.2. The Morgan fingerprint density at radius 3 is 2.71 bits per heavy atom. The summed E-state index contributed by atoms with van der Waals surface area (Å²) < 4.78 is 13.9. The lowest BCUT2D eigenvalue weighted by atomic mass is 9.89. The molecule has 0 aromatic heterocycles. The largest absolute Gasteiger partial charge is 0.394 e. The van der Waals surface area contributed by atoms with Crippen molar-refractivity contribution in [1.29, 1.82) is 0 Å². The number of nitrogens with zero attached hydrogens (tertiary/aromatic N) is 1. The molecule has 0 radical (unpaired) electrons. The van der Waals surface area contributed by atoms with Gasteiger partial charge in [-0.1, -0.05) is 25.1 Å². The monoisotopic (exact) mass is 524 g/mol. The van der Waals surface area contributed by atoms with Gasteiger partial charge >= 0.3 is 0 Å². The van der Waals surface area contributed by atoms with Gasteiger partial charge in [-0.15, -0.1) is 0 Å². The molecule has 4 atom stereocenters. The van der Waals surface area contributed by atoms with E-state index in [2.05, 4.69) is 16.2 Å². The minimum absolute atomic E-state index is 0.0349. The zero-order valence-corrected chi connectivity index (χ0v) is 22.2. The number of aryl methyl sites for hydroxylation is 1. The highest BCUT2D eigenvalue weighted by Crippen LogP contribution is 2.44. The van der Waals surface area contributed by atoms with Crippen molar-refractivity contribution in [2.24, 2.45) is 5.92 Å². The second kappa shape index (κ2) is 11.6. The molecular weight excluding hydrogens is 487 g/mol. The number of likely N-dealkylation sites (tertiary alicyclic amines) is 1. The molecule has 9 heteroatoms. The summed E-state index contributed by atoms with van der Waals surface area (Å²) in [6, 6.07) is 11.3. The normalized spacial score (nSPS) is 25.2. The molecule has 204 valence electrons. The van der Waals surface area contributed by atoms with Gasteiger partial charge in [-0.3, -0.25) is 19.8 Å². The van der Waals surface area contributed by atoms with E-state index in [0.29, 0.717) is 36.8 Å². The van der Waals surface area contributed by atoms with E-state index in [4.69, 9.17) is 0 Å². The van der Waals surface area contributed by atoms with Crippen molar-refractivity contribution in [3.05, 3.63) is 70.5 Å². The Kier molecular flexibility index (Phi) is 8.47. The third-order valence-electron chi connectivity index (χ3n) is 8.08. The van der Waals surface area contributed by atoms with Gasteiger partial charge in [0.2, 0.25) is 11.8 Å². The van der Waals surface area contributed by atoms with Crippen molar-refractivity contribution in [2.45, 2.75) is 70.5 Å². The maximum atomic E-state index is 13.9. The van der Waals surface area contributed by atoms with Crippen molar-refractivity contribution < 1.29 is 23.9 Å². The van der Waals surface area contributed by atoms with Crippen molar-refractivity contribution in [3.8, 4) is 0 Å². The van der Waals surface area contributed by atoms with Gasteiger partial charge in [0.1, 0.15) is 5.82 Å². The first-order valence-electron chi connectivity index (χ1n) is 13.3. The van der Waals surface area contributed by atoms with E-state index >= 15 is 0 Å². The van der Waals surface area contributed by atoms with Crippen LogP contribution in [0.3, 0.4) is 0 Å². The Morgan fingerprint density at radius 1 is 1.24 bits per heavy atom. The summed E-state index contributed by atoms with van der Waals surface area (Å²) in [5.74, 6) is -1.25. The molecule has 4 N–H and O–H groups in total. The first kappa shape index (κ1) is 27.7. The van der Waals surface area contributed by atoms with Crippen LogP contribution >= 0.6 is 0 Å². The van der Waals surface area contributed by atoms with Crippen molar-refractivity contribution >= 4 is 17.7 Å². The van der Waals surface area contributed by atoms with Crippen molar-refractivity contribution in [3.63, 3.8) is 0 Å². The Morgan fingerprint density at radius 2 is 2.03 bits per heavy atom. The number of nitrogens with one attached hydrogen (secondary N) is 3. The van der Waals surface area contributed by atoms with Crippen LogP contribution in [0.25, 0.3) is 0 Å². The Labute approximate surface area is 223 Å². The molecule has 8 nitrogen and oxygen atoms in total. The van der Waals surface area contributed by atoms with Crippen LogP contribution in [-0.4, -0.2) is 52.5 Å². The van der Waals surface area contributed by atoms with Gasteiger partial charge in [0.25, 0.3) is 5.91 Å². The minimum Gasteiger partial charge on any atom is -0.394 e. The molecule has 0 spiro atoms. The summed E-state index contributed by atoms with van der Waals surface area (Å²) in [6.07, 6.45) is 3.06. The number of rotatable bonds is 8. The molecule has 2 saturated heterocycles. The molecule has 2 unspecified atom stereocenters. The van der Waals surface area contributed by atoms with E-state index in [1.54, 1.807) is 29.2 Å². The number of hydrogen-bond acceptors (Lipinski definition) is 5. The van der Waals surface area contributed by atoms with Gasteiger partial charge in [0.05, 0.1) is 24.7 Å². The van der Waals surface area contributed by atoms with Crippen LogP contribution in [-0.2, 0) is 16.0 Å². The van der Waals surface area contributed by atoms with Gasteiger partial charge in [-0.2, -0.15) is 0 Å². The number of aliphatic hydroxyl groups is 1. The molecular formula is C29H37FN4O4. The van der Waals surface area contributed by atoms with Gasteiger partial charge < -0.3 is 15.3 Å². The van der Waals surface area contributed by atoms with E-state index in [0.717, 1.165) is 17.5 Å². The van der Waals surface area contributed by atoms with E-state index in [9.17, 15) is 23.9 Å². The number of hydrazine groups is 1. The fraction of sp³-hybridized carbons (Fsp3) is 0.483. The van der Waals surface area contributed by atoms with Crippen LogP contribution in [0.2, 0.25) is 0 Å². The smallest absolute Gasteiger partial charge is 0.251 e. The quantitative estimate of drug-likeness (QED) is 0.425. The molecule has 2 fully saturated rings. The number of halogens is 1. The summed E-state index contributed by atoms with van der Waals surface area (Å²) in [5.41, 5.74) is 7.90. The van der Waals surface area contributed by atoms with Crippen LogP contribution < -0.4 is 16.2 Å². The second-order valence-electron chi connectivity index (χ2n) is 10.6. The Bertz CT molecular complexity index is 1200. The number of carbonyl (C=O) groups is 3.